The van der Waals surface area contributed by atoms with Crippen molar-refractivity contribution < 1.29 is 9.53 Å². The van der Waals surface area contributed by atoms with Crippen molar-refractivity contribution in [3.63, 3.8) is 0 Å². The summed E-state index contributed by atoms with van der Waals surface area (Å²) in [6.45, 7) is 1.88. The summed E-state index contributed by atoms with van der Waals surface area (Å²) in [5, 5.41) is 4.38. The molecule has 0 aliphatic heterocycles. The number of anilines is 1. The van der Waals surface area contributed by atoms with Gasteiger partial charge in [-0.05, 0) is 36.9 Å². The predicted octanol–water partition coefficient (Wildman–Crippen LogP) is 3.01. The molecule has 19 heavy (non-hydrogen) atoms. The van der Waals surface area contributed by atoms with Crippen LogP contribution < -0.4 is 5.32 Å². The Bertz CT molecular complexity index is 667. The number of rotatable bonds is 3. The number of carbonyl (C=O) groups is 1. The summed E-state index contributed by atoms with van der Waals surface area (Å²) in [5.74, 6) is 0.357. The van der Waals surface area contributed by atoms with Gasteiger partial charge < -0.3 is 10.1 Å². The van der Waals surface area contributed by atoms with Crippen LogP contribution in [0.4, 0.5) is 5.82 Å². The lowest BCUT2D eigenvalue weighted by Gasteiger charge is -2.06. The molecule has 5 nitrogen and oxygen atoms in total. The van der Waals surface area contributed by atoms with E-state index in [-0.39, 0.29) is 11.3 Å². The van der Waals surface area contributed by atoms with E-state index in [1.54, 1.807) is 0 Å². The maximum atomic E-state index is 11.7. The molecule has 0 atom stereocenters. The molecule has 100 valence electrons. The van der Waals surface area contributed by atoms with Gasteiger partial charge >= 0.3 is 5.97 Å². The summed E-state index contributed by atoms with van der Waals surface area (Å²) in [6, 6.07) is 0.454. The highest BCUT2D eigenvalue weighted by molar-refractivity contribution is 7.20. The first-order valence-electron chi connectivity index (χ1n) is 5.91. The number of hydrogen-bond donors (Lipinski definition) is 1. The van der Waals surface area contributed by atoms with Gasteiger partial charge in [-0.2, -0.15) is 0 Å². The largest absolute Gasteiger partial charge is 0.465 e. The molecule has 0 saturated heterocycles. The van der Waals surface area contributed by atoms with E-state index >= 15 is 0 Å². The van der Waals surface area contributed by atoms with Crippen molar-refractivity contribution in [3.8, 4) is 0 Å². The van der Waals surface area contributed by atoms with Crippen LogP contribution in [0.5, 0.6) is 0 Å². The number of hydrogen-bond acceptors (Lipinski definition) is 6. The SMILES string of the molecule is COC(=O)c1sc2nc(Cl)nc(NC3CC3)c2c1C. The molecule has 2 aromatic rings. The molecule has 1 N–H and O–H groups in total. The van der Waals surface area contributed by atoms with Gasteiger partial charge in [-0.15, -0.1) is 11.3 Å². The lowest BCUT2D eigenvalue weighted by Crippen LogP contribution is -2.05. The Balaban J connectivity index is 2.18. The molecule has 0 aromatic carbocycles. The summed E-state index contributed by atoms with van der Waals surface area (Å²) >= 11 is 7.21. The maximum Gasteiger partial charge on any atom is 0.348 e. The number of esters is 1. The first kappa shape index (κ1) is 12.6. The first-order chi connectivity index (χ1) is 9.10. The normalized spacial score (nSPS) is 14.7. The summed E-state index contributed by atoms with van der Waals surface area (Å²) < 4.78 is 4.78. The minimum absolute atomic E-state index is 0.188. The molecule has 1 aliphatic rings. The molecule has 0 amide bonds. The van der Waals surface area contributed by atoms with Crippen molar-refractivity contribution in [2.45, 2.75) is 25.8 Å². The van der Waals surface area contributed by atoms with Crippen LogP contribution in [0.2, 0.25) is 5.28 Å². The van der Waals surface area contributed by atoms with Gasteiger partial charge in [0.05, 0.1) is 12.5 Å². The molecular weight excluding hydrogens is 286 g/mol. The number of ether oxygens (including phenoxy) is 1. The lowest BCUT2D eigenvalue weighted by atomic mass is 10.2. The van der Waals surface area contributed by atoms with Crippen LogP contribution in [-0.2, 0) is 4.74 Å². The van der Waals surface area contributed by atoms with Crippen molar-refractivity contribution in [3.05, 3.63) is 15.7 Å². The van der Waals surface area contributed by atoms with E-state index in [2.05, 4.69) is 15.3 Å². The Morgan fingerprint density at radius 2 is 2.21 bits per heavy atom. The van der Waals surface area contributed by atoms with E-state index in [4.69, 9.17) is 16.3 Å². The fourth-order valence-electron chi connectivity index (χ4n) is 1.93. The number of aryl methyl sites for hydroxylation is 1. The first-order valence-corrected chi connectivity index (χ1v) is 7.11. The van der Waals surface area contributed by atoms with Crippen LogP contribution in [0.1, 0.15) is 28.1 Å². The van der Waals surface area contributed by atoms with E-state index in [1.165, 1.54) is 18.4 Å². The third-order valence-corrected chi connectivity index (χ3v) is 4.39. The van der Waals surface area contributed by atoms with Crippen LogP contribution in [0.15, 0.2) is 0 Å². The smallest absolute Gasteiger partial charge is 0.348 e. The summed E-state index contributed by atoms with van der Waals surface area (Å²) in [5.41, 5.74) is 0.840. The lowest BCUT2D eigenvalue weighted by molar-refractivity contribution is 0.0605. The van der Waals surface area contributed by atoms with Gasteiger partial charge in [0.15, 0.2) is 0 Å². The third-order valence-electron chi connectivity index (χ3n) is 3.05. The average Bonchev–Trinajstić information content (AvgIpc) is 3.12. The van der Waals surface area contributed by atoms with Gasteiger partial charge in [-0.3, -0.25) is 0 Å². The number of nitrogens with zero attached hydrogens (tertiary/aromatic N) is 2. The molecule has 0 radical (unpaired) electrons. The maximum absolute atomic E-state index is 11.7. The molecule has 0 bridgehead atoms. The molecule has 1 aliphatic carbocycles. The zero-order valence-corrected chi connectivity index (χ0v) is 12.1. The van der Waals surface area contributed by atoms with E-state index in [0.717, 1.165) is 23.8 Å². The fraction of sp³-hybridized carbons (Fsp3) is 0.417. The summed E-state index contributed by atoms with van der Waals surface area (Å²) in [4.78, 5) is 21.4. The van der Waals surface area contributed by atoms with Gasteiger partial charge in [0, 0.05) is 6.04 Å². The molecule has 0 spiro atoms. The Kier molecular flexibility index (Phi) is 3.06. The average molecular weight is 298 g/mol. The monoisotopic (exact) mass is 297 g/mol. The highest BCUT2D eigenvalue weighted by Crippen LogP contribution is 2.36. The molecule has 2 heterocycles. The van der Waals surface area contributed by atoms with Crippen LogP contribution in [-0.4, -0.2) is 29.1 Å². The van der Waals surface area contributed by atoms with E-state index in [1.807, 2.05) is 6.92 Å². The van der Waals surface area contributed by atoms with Crippen molar-refractivity contribution >= 4 is 44.9 Å². The zero-order valence-electron chi connectivity index (χ0n) is 10.5. The van der Waals surface area contributed by atoms with Gasteiger partial charge in [0.1, 0.15) is 15.5 Å². The Morgan fingerprint density at radius 1 is 1.47 bits per heavy atom. The van der Waals surface area contributed by atoms with Crippen LogP contribution in [0.3, 0.4) is 0 Å². The second kappa shape index (κ2) is 4.61. The number of thiophene rings is 1. The molecule has 2 aromatic heterocycles. The minimum Gasteiger partial charge on any atom is -0.465 e. The fourth-order valence-corrected chi connectivity index (χ4v) is 3.24. The van der Waals surface area contributed by atoms with Crippen LogP contribution in [0, 0.1) is 6.92 Å². The van der Waals surface area contributed by atoms with Gasteiger partial charge in [0.2, 0.25) is 5.28 Å². The van der Waals surface area contributed by atoms with Gasteiger partial charge in [0.25, 0.3) is 0 Å². The molecule has 3 rings (SSSR count). The number of carbonyl (C=O) groups excluding carboxylic acids is 1. The Morgan fingerprint density at radius 3 is 2.84 bits per heavy atom. The zero-order chi connectivity index (χ0) is 13.6. The van der Waals surface area contributed by atoms with Crippen LogP contribution >= 0.6 is 22.9 Å². The van der Waals surface area contributed by atoms with Crippen LogP contribution in [0.25, 0.3) is 10.2 Å². The summed E-state index contributed by atoms with van der Waals surface area (Å²) in [6.07, 6.45) is 2.27. The van der Waals surface area contributed by atoms with E-state index < -0.39 is 0 Å². The number of fused-ring (bicyclic) bond motifs is 1. The quantitative estimate of drug-likeness (QED) is 0.697. The van der Waals surface area contributed by atoms with E-state index in [9.17, 15) is 4.79 Å². The molecule has 7 heteroatoms. The second-order valence-electron chi connectivity index (χ2n) is 4.49. The van der Waals surface area contributed by atoms with Crippen molar-refractivity contribution in [1.29, 1.82) is 0 Å². The topological polar surface area (TPSA) is 64.1 Å². The van der Waals surface area contributed by atoms with Gasteiger partial charge in [-0.25, -0.2) is 14.8 Å². The van der Waals surface area contributed by atoms with E-state index in [0.29, 0.717) is 21.6 Å². The van der Waals surface area contributed by atoms with Crippen molar-refractivity contribution in [1.82, 2.24) is 9.97 Å². The minimum atomic E-state index is -0.353. The molecular formula is C12H12ClN3O2S. The number of halogens is 1. The Labute approximate surface area is 119 Å². The third kappa shape index (κ3) is 2.26. The second-order valence-corrected chi connectivity index (χ2v) is 5.82. The molecule has 1 saturated carbocycles. The highest BCUT2D eigenvalue weighted by atomic mass is 35.5. The van der Waals surface area contributed by atoms with Crippen molar-refractivity contribution in [2.75, 3.05) is 12.4 Å². The Hall–Kier alpha value is -1.40. The highest BCUT2D eigenvalue weighted by Gasteiger charge is 2.25. The van der Waals surface area contributed by atoms with Gasteiger partial charge in [-0.1, -0.05) is 0 Å². The number of methoxy groups -OCH3 is 1. The molecule has 0 unspecified atom stereocenters. The molecule has 1 fully saturated rings. The number of nitrogens with one attached hydrogen (secondary N) is 1. The summed E-state index contributed by atoms with van der Waals surface area (Å²) in [7, 11) is 1.37. The van der Waals surface area contributed by atoms with Crippen molar-refractivity contribution in [2.24, 2.45) is 0 Å². The number of aromatic nitrogens is 2. The standard InChI is InChI=1S/C12H12ClN3O2S/c1-5-7-9(14-6-3-4-6)15-12(13)16-10(7)19-8(5)11(17)18-2/h6H,3-4H2,1-2H3,(H,14,15,16). The predicted molar refractivity (Wildman–Crippen MR) is 75.1 cm³/mol.